The van der Waals surface area contributed by atoms with Crippen molar-refractivity contribution in [2.24, 2.45) is 0 Å². The summed E-state index contributed by atoms with van der Waals surface area (Å²) in [6, 6.07) is 12.5. The van der Waals surface area contributed by atoms with E-state index in [1.54, 1.807) is 32.0 Å². The molecular formula is C29H32Cl2FN3O6S. The largest absolute Gasteiger partial charge is 0.493 e. The molecule has 0 aromatic heterocycles. The summed E-state index contributed by atoms with van der Waals surface area (Å²) in [4.78, 5) is 28.2. The van der Waals surface area contributed by atoms with E-state index in [9.17, 15) is 22.4 Å². The number of carbonyl (C=O) groups is 2. The average molecular weight is 641 g/mol. The first-order valence-electron chi connectivity index (χ1n) is 13.0. The highest BCUT2D eigenvalue weighted by molar-refractivity contribution is 7.92. The van der Waals surface area contributed by atoms with E-state index in [-0.39, 0.29) is 39.3 Å². The lowest BCUT2D eigenvalue weighted by Crippen LogP contribution is -2.52. The lowest BCUT2D eigenvalue weighted by atomic mass is 10.1. The number of ether oxygens (including phenoxy) is 2. The van der Waals surface area contributed by atoms with E-state index in [1.807, 2.05) is 0 Å². The van der Waals surface area contributed by atoms with E-state index in [0.29, 0.717) is 17.9 Å². The van der Waals surface area contributed by atoms with E-state index < -0.39 is 40.2 Å². The van der Waals surface area contributed by atoms with E-state index >= 15 is 0 Å². The molecule has 0 saturated heterocycles. The molecule has 9 nitrogen and oxygen atoms in total. The second-order valence-corrected chi connectivity index (χ2v) is 11.7. The number of benzene rings is 3. The minimum absolute atomic E-state index is 0.0290. The number of nitrogens with zero attached hydrogens (tertiary/aromatic N) is 2. The Hall–Kier alpha value is -3.54. The number of rotatable bonds is 13. The van der Waals surface area contributed by atoms with Gasteiger partial charge in [-0.2, -0.15) is 0 Å². The standard InChI is InChI=1S/C29H32Cl2FN3O6S/c1-5-25(29(37)33-6-2)34(17-22-23(30)8-7-9-24(22)31)28(36)18-35(20-12-10-19(32)11-13-20)42(38,39)21-14-15-26(40-3)27(16-21)41-4/h7-16,25H,5-6,17-18H2,1-4H3,(H,33,37)/t25-/m0/s1. The fourth-order valence-electron chi connectivity index (χ4n) is 4.31. The minimum atomic E-state index is -4.43. The number of nitrogens with one attached hydrogen (secondary N) is 1. The van der Waals surface area contributed by atoms with Crippen LogP contribution in [-0.4, -0.2) is 58.5 Å². The zero-order valence-electron chi connectivity index (χ0n) is 23.6. The summed E-state index contributed by atoms with van der Waals surface area (Å²) < 4.78 is 53.2. The summed E-state index contributed by atoms with van der Waals surface area (Å²) in [5, 5.41) is 3.27. The number of likely N-dealkylation sites (N-methyl/N-ethyl adjacent to an activating group) is 1. The summed E-state index contributed by atoms with van der Waals surface area (Å²) in [7, 11) is -1.66. The molecular weight excluding hydrogens is 608 g/mol. The van der Waals surface area contributed by atoms with Crippen molar-refractivity contribution in [3.05, 3.63) is 82.1 Å². The predicted molar refractivity (Wildman–Crippen MR) is 160 cm³/mol. The number of sulfonamides is 1. The lowest BCUT2D eigenvalue weighted by Gasteiger charge is -2.33. The van der Waals surface area contributed by atoms with Crippen molar-refractivity contribution in [3.63, 3.8) is 0 Å². The second kappa shape index (κ2) is 14.6. The van der Waals surface area contributed by atoms with Crippen LogP contribution in [0.1, 0.15) is 25.8 Å². The number of anilines is 1. The van der Waals surface area contributed by atoms with Gasteiger partial charge in [-0.1, -0.05) is 36.2 Å². The van der Waals surface area contributed by atoms with Crippen molar-refractivity contribution >= 4 is 50.7 Å². The third kappa shape index (κ3) is 7.45. The molecule has 3 rings (SSSR count). The Morgan fingerprint density at radius 1 is 0.952 bits per heavy atom. The van der Waals surface area contributed by atoms with Crippen molar-refractivity contribution in [3.8, 4) is 11.5 Å². The van der Waals surface area contributed by atoms with Crippen LogP contribution in [0.15, 0.2) is 65.6 Å². The normalized spacial score (nSPS) is 11.9. The molecule has 3 aromatic carbocycles. The second-order valence-electron chi connectivity index (χ2n) is 9.05. The van der Waals surface area contributed by atoms with Crippen LogP contribution in [0.2, 0.25) is 10.0 Å². The van der Waals surface area contributed by atoms with E-state index in [0.717, 1.165) is 16.4 Å². The number of halogens is 3. The highest BCUT2D eigenvalue weighted by Crippen LogP contribution is 2.33. The maximum atomic E-state index is 14.1. The molecule has 0 unspecified atom stereocenters. The third-order valence-corrected chi connectivity index (χ3v) is 8.94. The molecule has 42 heavy (non-hydrogen) atoms. The maximum absolute atomic E-state index is 14.1. The Labute approximate surface area is 255 Å². The molecule has 0 spiro atoms. The Balaban J connectivity index is 2.13. The quantitative estimate of drug-likeness (QED) is 0.273. The van der Waals surface area contributed by atoms with Gasteiger partial charge < -0.3 is 19.7 Å². The molecule has 3 aromatic rings. The fraction of sp³-hybridized carbons (Fsp3) is 0.310. The average Bonchev–Trinajstić information content (AvgIpc) is 2.97. The first kappa shape index (κ1) is 33.0. The summed E-state index contributed by atoms with van der Waals surface area (Å²) >= 11 is 12.8. The first-order valence-corrected chi connectivity index (χ1v) is 15.2. The number of hydrogen-bond donors (Lipinski definition) is 1. The first-order chi connectivity index (χ1) is 20.0. The highest BCUT2D eigenvalue weighted by atomic mass is 35.5. The molecule has 1 atom stereocenters. The summed E-state index contributed by atoms with van der Waals surface area (Å²) in [5.41, 5.74) is 0.425. The summed E-state index contributed by atoms with van der Waals surface area (Å²) in [6.07, 6.45) is 0.221. The Morgan fingerprint density at radius 3 is 2.12 bits per heavy atom. The van der Waals surface area contributed by atoms with Crippen LogP contribution in [0.4, 0.5) is 10.1 Å². The van der Waals surface area contributed by atoms with Gasteiger partial charge in [0.25, 0.3) is 10.0 Å². The number of methoxy groups -OCH3 is 2. The molecule has 1 N–H and O–H groups in total. The molecule has 226 valence electrons. The van der Waals surface area contributed by atoms with Crippen molar-refractivity contribution in [1.29, 1.82) is 0 Å². The maximum Gasteiger partial charge on any atom is 0.264 e. The monoisotopic (exact) mass is 639 g/mol. The molecule has 0 heterocycles. The smallest absolute Gasteiger partial charge is 0.264 e. The van der Waals surface area contributed by atoms with E-state index in [4.69, 9.17) is 32.7 Å². The lowest BCUT2D eigenvalue weighted by molar-refractivity contribution is -0.140. The third-order valence-electron chi connectivity index (χ3n) is 6.46. The zero-order valence-corrected chi connectivity index (χ0v) is 25.9. The summed E-state index contributed by atoms with van der Waals surface area (Å²) in [6.45, 7) is 2.90. The molecule has 0 aliphatic heterocycles. The Bertz CT molecular complexity index is 1500. The van der Waals surface area contributed by atoms with Gasteiger partial charge in [0.15, 0.2) is 11.5 Å². The van der Waals surface area contributed by atoms with Crippen molar-refractivity contribution in [2.45, 2.75) is 37.8 Å². The van der Waals surface area contributed by atoms with Crippen LogP contribution < -0.4 is 19.1 Å². The van der Waals surface area contributed by atoms with Crippen molar-refractivity contribution in [2.75, 3.05) is 31.6 Å². The van der Waals surface area contributed by atoms with Crippen LogP contribution in [0.25, 0.3) is 0 Å². The van der Waals surface area contributed by atoms with Crippen molar-refractivity contribution < 1.29 is 31.9 Å². The van der Waals surface area contributed by atoms with Gasteiger partial charge in [-0.05, 0) is 61.9 Å². The number of carbonyl (C=O) groups excluding carboxylic acids is 2. The fourth-order valence-corrected chi connectivity index (χ4v) is 6.25. The predicted octanol–water partition coefficient (Wildman–Crippen LogP) is 5.29. The van der Waals surface area contributed by atoms with Gasteiger partial charge in [0.05, 0.1) is 24.8 Å². The van der Waals surface area contributed by atoms with Gasteiger partial charge in [-0.25, -0.2) is 12.8 Å². The molecule has 0 fully saturated rings. The molecule has 2 amide bonds. The molecule has 0 saturated carbocycles. The zero-order chi connectivity index (χ0) is 31.0. The Morgan fingerprint density at radius 2 is 1.57 bits per heavy atom. The molecule has 13 heteroatoms. The van der Waals surface area contributed by atoms with Crippen molar-refractivity contribution in [1.82, 2.24) is 10.2 Å². The van der Waals surface area contributed by atoms with Crippen LogP contribution >= 0.6 is 23.2 Å². The van der Waals surface area contributed by atoms with E-state index in [1.165, 1.54) is 49.5 Å². The van der Waals surface area contributed by atoms with Gasteiger partial charge in [-0.15, -0.1) is 0 Å². The van der Waals surface area contributed by atoms with Crippen LogP contribution in [0, 0.1) is 5.82 Å². The summed E-state index contributed by atoms with van der Waals surface area (Å²) in [5.74, 6) is -1.27. The highest BCUT2D eigenvalue weighted by Gasteiger charge is 2.34. The van der Waals surface area contributed by atoms with Gasteiger partial charge in [0, 0.05) is 34.8 Å². The SMILES string of the molecule is CCNC(=O)[C@H](CC)N(Cc1c(Cl)cccc1Cl)C(=O)CN(c1ccc(F)cc1)S(=O)(=O)c1ccc(OC)c(OC)c1. The topological polar surface area (TPSA) is 105 Å². The molecule has 0 bridgehead atoms. The van der Waals surface area contributed by atoms with Gasteiger partial charge in [-0.3, -0.25) is 13.9 Å². The van der Waals surface area contributed by atoms with Crippen LogP contribution in [0.5, 0.6) is 11.5 Å². The molecule has 0 aliphatic carbocycles. The van der Waals surface area contributed by atoms with Crippen LogP contribution in [-0.2, 0) is 26.2 Å². The number of hydrogen-bond acceptors (Lipinski definition) is 6. The number of amides is 2. The van der Waals surface area contributed by atoms with Crippen LogP contribution in [0.3, 0.4) is 0 Å². The van der Waals surface area contributed by atoms with Gasteiger partial charge >= 0.3 is 0 Å². The van der Waals surface area contributed by atoms with Gasteiger partial charge in [0.1, 0.15) is 18.4 Å². The van der Waals surface area contributed by atoms with Gasteiger partial charge in [0.2, 0.25) is 11.8 Å². The Kier molecular flexibility index (Phi) is 11.4. The minimum Gasteiger partial charge on any atom is -0.493 e. The van der Waals surface area contributed by atoms with E-state index in [2.05, 4.69) is 5.32 Å². The molecule has 0 aliphatic rings. The molecule has 0 radical (unpaired) electrons.